The van der Waals surface area contributed by atoms with E-state index in [1.165, 1.54) is 0 Å². The first kappa shape index (κ1) is 12.8. The lowest BCUT2D eigenvalue weighted by atomic mass is 10.1. The van der Waals surface area contributed by atoms with Crippen LogP contribution in [0.5, 0.6) is 0 Å². The number of aryl methyl sites for hydroxylation is 1. The van der Waals surface area contributed by atoms with E-state index in [2.05, 4.69) is 43.7 Å². The predicted octanol–water partition coefficient (Wildman–Crippen LogP) is 1.21. The van der Waals surface area contributed by atoms with Crippen LogP contribution in [0.1, 0.15) is 11.3 Å². The number of likely N-dealkylation sites (N-methyl/N-ethyl adjacent to an activating group) is 1. The van der Waals surface area contributed by atoms with Gasteiger partial charge in [-0.05, 0) is 13.8 Å². The predicted molar refractivity (Wildman–Crippen MR) is 77.9 cm³/mol. The summed E-state index contributed by atoms with van der Waals surface area (Å²) in [4.78, 5) is 21.5. The first-order valence-corrected chi connectivity index (χ1v) is 6.69. The Kier molecular flexibility index (Phi) is 3.22. The summed E-state index contributed by atoms with van der Waals surface area (Å²) in [5.74, 6) is 1.95. The molecule has 0 spiro atoms. The van der Waals surface area contributed by atoms with Crippen LogP contribution < -0.4 is 9.80 Å². The molecule has 2 aromatic rings. The Bertz CT molecular complexity index is 594. The molecule has 0 bridgehead atoms. The third kappa shape index (κ3) is 2.17. The molecule has 6 heteroatoms. The fourth-order valence-electron chi connectivity index (χ4n) is 2.40. The van der Waals surface area contributed by atoms with E-state index in [0.717, 1.165) is 36.0 Å². The number of aromatic nitrogens is 4. The highest BCUT2D eigenvalue weighted by Gasteiger charge is 2.32. The van der Waals surface area contributed by atoms with Crippen LogP contribution in [0, 0.1) is 13.8 Å². The van der Waals surface area contributed by atoms with E-state index in [1.807, 2.05) is 6.92 Å². The second kappa shape index (κ2) is 5.03. The molecule has 0 aromatic carbocycles. The molecule has 0 amide bonds. The standard InChI is InChI=1S/C14H18N6/c1-10-11(2)17-9-18-14(10)19(3)12-7-20(8-12)13-6-15-4-5-16-13/h4-6,9,12H,7-8H2,1-3H3. The van der Waals surface area contributed by atoms with Gasteiger partial charge in [-0.1, -0.05) is 0 Å². The van der Waals surface area contributed by atoms with Gasteiger partial charge in [-0.25, -0.2) is 15.0 Å². The Balaban J connectivity index is 1.69. The van der Waals surface area contributed by atoms with Gasteiger partial charge in [0.2, 0.25) is 0 Å². The van der Waals surface area contributed by atoms with E-state index in [1.54, 1.807) is 24.9 Å². The second-order valence-corrected chi connectivity index (χ2v) is 5.14. The maximum absolute atomic E-state index is 4.41. The molecule has 0 N–H and O–H groups in total. The molecular formula is C14H18N6. The maximum Gasteiger partial charge on any atom is 0.147 e. The van der Waals surface area contributed by atoms with Crippen molar-refractivity contribution in [2.75, 3.05) is 29.9 Å². The number of nitrogens with zero attached hydrogens (tertiary/aromatic N) is 6. The summed E-state index contributed by atoms with van der Waals surface area (Å²) in [5, 5.41) is 0. The molecule has 0 radical (unpaired) electrons. The fraction of sp³-hybridized carbons (Fsp3) is 0.429. The molecule has 6 nitrogen and oxygen atoms in total. The minimum Gasteiger partial charge on any atom is -0.353 e. The smallest absolute Gasteiger partial charge is 0.147 e. The van der Waals surface area contributed by atoms with E-state index >= 15 is 0 Å². The highest BCUT2D eigenvalue weighted by molar-refractivity contribution is 5.51. The largest absolute Gasteiger partial charge is 0.353 e. The number of anilines is 2. The molecule has 1 saturated heterocycles. The highest BCUT2D eigenvalue weighted by Crippen LogP contribution is 2.25. The molecule has 104 valence electrons. The molecule has 0 unspecified atom stereocenters. The highest BCUT2D eigenvalue weighted by atomic mass is 15.3. The maximum atomic E-state index is 4.41. The Morgan fingerprint density at radius 3 is 2.65 bits per heavy atom. The second-order valence-electron chi connectivity index (χ2n) is 5.14. The van der Waals surface area contributed by atoms with Crippen LogP contribution in [0.15, 0.2) is 24.9 Å². The zero-order chi connectivity index (χ0) is 14.1. The van der Waals surface area contributed by atoms with E-state index in [0.29, 0.717) is 6.04 Å². The zero-order valence-electron chi connectivity index (χ0n) is 12.0. The number of rotatable bonds is 3. The fourth-order valence-corrected chi connectivity index (χ4v) is 2.40. The minimum atomic E-state index is 0.449. The summed E-state index contributed by atoms with van der Waals surface area (Å²) in [7, 11) is 2.09. The van der Waals surface area contributed by atoms with Crippen LogP contribution >= 0.6 is 0 Å². The third-order valence-electron chi connectivity index (χ3n) is 3.93. The molecule has 1 aliphatic heterocycles. The normalized spacial score (nSPS) is 15.1. The molecule has 0 aliphatic carbocycles. The van der Waals surface area contributed by atoms with E-state index < -0.39 is 0 Å². The number of hydrogen-bond donors (Lipinski definition) is 0. The van der Waals surface area contributed by atoms with Gasteiger partial charge in [-0.15, -0.1) is 0 Å². The van der Waals surface area contributed by atoms with Crippen molar-refractivity contribution in [1.29, 1.82) is 0 Å². The molecule has 1 aliphatic rings. The average Bonchev–Trinajstić information content (AvgIpc) is 2.41. The molecule has 1 fully saturated rings. The van der Waals surface area contributed by atoms with Crippen molar-refractivity contribution in [3.05, 3.63) is 36.2 Å². The van der Waals surface area contributed by atoms with Gasteiger partial charge in [-0.3, -0.25) is 4.98 Å². The SMILES string of the molecule is Cc1ncnc(N(C)C2CN(c3cnccn3)C2)c1C. The lowest BCUT2D eigenvalue weighted by Gasteiger charge is -2.45. The quantitative estimate of drug-likeness (QED) is 0.835. The van der Waals surface area contributed by atoms with Crippen molar-refractivity contribution in [2.24, 2.45) is 0 Å². The van der Waals surface area contributed by atoms with Crippen molar-refractivity contribution < 1.29 is 0 Å². The van der Waals surface area contributed by atoms with Crippen LogP contribution in [0.4, 0.5) is 11.6 Å². The molecule has 0 atom stereocenters. The van der Waals surface area contributed by atoms with Gasteiger partial charge in [0, 0.05) is 43.8 Å². The van der Waals surface area contributed by atoms with E-state index in [-0.39, 0.29) is 0 Å². The van der Waals surface area contributed by atoms with Crippen molar-refractivity contribution in [3.63, 3.8) is 0 Å². The van der Waals surface area contributed by atoms with Crippen molar-refractivity contribution in [2.45, 2.75) is 19.9 Å². The van der Waals surface area contributed by atoms with Crippen LogP contribution in [0.25, 0.3) is 0 Å². The summed E-state index contributed by atoms with van der Waals surface area (Å²) >= 11 is 0. The van der Waals surface area contributed by atoms with Gasteiger partial charge in [0.1, 0.15) is 18.0 Å². The van der Waals surface area contributed by atoms with Crippen molar-refractivity contribution in [1.82, 2.24) is 19.9 Å². The van der Waals surface area contributed by atoms with Gasteiger partial charge >= 0.3 is 0 Å². The topological polar surface area (TPSA) is 58.0 Å². The lowest BCUT2D eigenvalue weighted by molar-refractivity contribution is 0.488. The van der Waals surface area contributed by atoms with Crippen LogP contribution in [0.2, 0.25) is 0 Å². The summed E-state index contributed by atoms with van der Waals surface area (Å²) < 4.78 is 0. The Hall–Kier alpha value is -2.24. The van der Waals surface area contributed by atoms with E-state index in [4.69, 9.17) is 0 Å². The molecule has 2 aromatic heterocycles. The Morgan fingerprint density at radius 2 is 1.95 bits per heavy atom. The lowest BCUT2D eigenvalue weighted by Crippen LogP contribution is -2.59. The molecule has 3 heterocycles. The first-order valence-electron chi connectivity index (χ1n) is 6.69. The minimum absolute atomic E-state index is 0.449. The average molecular weight is 270 g/mol. The molecule has 3 rings (SSSR count). The number of hydrogen-bond acceptors (Lipinski definition) is 6. The van der Waals surface area contributed by atoms with Crippen molar-refractivity contribution in [3.8, 4) is 0 Å². The summed E-state index contributed by atoms with van der Waals surface area (Å²) in [6, 6.07) is 0.449. The Morgan fingerprint density at radius 1 is 1.15 bits per heavy atom. The van der Waals surface area contributed by atoms with Crippen LogP contribution in [-0.2, 0) is 0 Å². The molecule has 20 heavy (non-hydrogen) atoms. The zero-order valence-corrected chi connectivity index (χ0v) is 12.0. The molecular weight excluding hydrogens is 252 g/mol. The van der Waals surface area contributed by atoms with Gasteiger partial charge < -0.3 is 9.80 Å². The Labute approximate surface area is 118 Å². The van der Waals surface area contributed by atoms with Gasteiger partial charge in [0.15, 0.2) is 0 Å². The summed E-state index contributed by atoms with van der Waals surface area (Å²) in [6.07, 6.45) is 6.85. The van der Waals surface area contributed by atoms with Crippen LogP contribution in [-0.4, -0.2) is 46.1 Å². The van der Waals surface area contributed by atoms with E-state index in [9.17, 15) is 0 Å². The summed E-state index contributed by atoms with van der Waals surface area (Å²) in [5.41, 5.74) is 2.18. The third-order valence-corrected chi connectivity index (χ3v) is 3.93. The first-order chi connectivity index (χ1) is 9.66. The van der Waals surface area contributed by atoms with Crippen molar-refractivity contribution >= 4 is 11.6 Å². The van der Waals surface area contributed by atoms with Gasteiger partial charge in [0.05, 0.1) is 12.2 Å². The summed E-state index contributed by atoms with van der Waals surface area (Å²) in [6.45, 7) is 5.97. The van der Waals surface area contributed by atoms with Crippen LogP contribution in [0.3, 0.4) is 0 Å². The van der Waals surface area contributed by atoms with Gasteiger partial charge in [-0.2, -0.15) is 0 Å². The monoisotopic (exact) mass is 270 g/mol. The van der Waals surface area contributed by atoms with Gasteiger partial charge in [0.25, 0.3) is 0 Å². The molecule has 0 saturated carbocycles.